The Morgan fingerprint density at radius 3 is 2.25 bits per heavy atom. The highest BCUT2D eigenvalue weighted by Gasteiger charge is 2.18. The minimum atomic E-state index is -0.855. The third-order valence-corrected chi connectivity index (χ3v) is 6.06. The van der Waals surface area contributed by atoms with Gasteiger partial charge in [-0.1, -0.05) is 36.6 Å². The summed E-state index contributed by atoms with van der Waals surface area (Å²) in [5.41, 5.74) is 3.27. The number of methoxy groups -OCH3 is 1. The summed E-state index contributed by atoms with van der Waals surface area (Å²) in [5.74, 6) is -0.547. The van der Waals surface area contributed by atoms with Crippen LogP contribution in [-0.4, -0.2) is 29.0 Å². The maximum atomic E-state index is 12.7. The van der Waals surface area contributed by atoms with Crippen molar-refractivity contribution in [2.75, 3.05) is 7.11 Å². The molecule has 32 heavy (non-hydrogen) atoms. The van der Waals surface area contributed by atoms with E-state index in [1.807, 2.05) is 31.2 Å². The molecular formula is C23H18N2O4S3. The minimum Gasteiger partial charge on any atom is -0.497 e. The molecule has 4 rings (SSSR count). The summed E-state index contributed by atoms with van der Waals surface area (Å²) < 4.78 is 11.3. The van der Waals surface area contributed by atoms with Crippen molar-refractivity contribution in [1.29, 1.82) is 0 Å². The Morgan fingerprint density at radius 2 is 1.59 bits per heavy atom. The van der Waals surface area contributed by atoms with Crippen LogP contribution in [0.1, 0.15) is 32.1 Å². The third-order valence-electron chi connectivity index (χ3n) is 5.04. The van der Waals surface area contributed by atoms with Gasteiger partial charge in [0.2, 0.25) is 0 Å². The smallest absolute Gasteiger partial charge is 0.362 e. The normalized spacial score (nSPS) is 11.0. The molecule has 0 bridgehead atoms. The number of esters is 2. The molecule has 0 unspecified atom stereocenters. The molecule has 2 heterocycles. The molecule has 0 saturated heterocycles. The van der Waals surface area contributed by atoms with Crippen LogP contribution in [0.5, 0.6) is 5.75 Å². The Morgan fingerprint density at radius 1 is 0.938 bits per heavy atom. The van der Waals surface area contributed by atoms with E-state index >= 15 is 0 Å². The number of aromatic amines is 2. The number of aryl methyl sites for hydroxylation is 1. The van der Waals surface area contributed by atoms with Crippen molar-refractivity contribution in [3.63, 3.8) is 0 Å². The van der Waals surface area contributed by atoms with Gasteiger partial charge in [-0.15, -0.1) is 0 Å². The van der Waals surface area contributed by atoms with Crippen molar-refractivity contribution >= 4 is 70.8 Å². The Kier molecular flexibility index (Phi) is 6.14. The number of pyridine rings is 2. The summed E-state index contributed by atoms with van der Waals surface area (Å²) in [6.45, 7) is 1.90. The molecule has 0 fully saturated rings. The zero-order chi connectivity index (χ0) is 23.0. The number of thiol groups is 1. The quantitative estimate of drug-likeness (QED) is 0.146. The molecule has 0 amide bonds. The number of carbonyl (C=O) groups is 2. The lowest BCUT2D eigenvalue weighted by Gasteiger charge is -2.10. The molecule has 2 aromatic heterocycles. The first-order chi connectivity index (χ1) is 15.3. The molecule has 0 aliphatic heterocycles. The highest BCUT2D eigenvalue weighted by Crippen LogP contribution is 2.25. The number of aromatic nitrogens is 2. The van der Waals surface area contributed by atoms with E-state index in [-0.39, 0.29) is 11.4 Å². The lowest BCUT2D eigenvalue weighted by Crippen LogP contribution is -2.15. The van der Waals surface area contributed by atoms with E-state index in [2.05, 4.69) is 22.6 Å². The Balaban J connectivity index is 1.68. The fourth-order valence-electron chi connectivity index (χ4n) is 3.49. The van der Waals surface area contributed by atoms with E-state index in [0.29, 0.717) is 31.6 Å². The van der Waals surface area contributed by atoms with Gasteiger partial charge in [-0.05, 0) is 42.3 Å². The van der Waals surface area contributed by atoms with Gasteiger partial charge in [0, 0.05) is 37.1 Å². The second kappa shape index (κ2) is 8.85. The number of benzene rings is 2. The maximum Gasteiger partial charge on any atom is 0.362 e. The van der Waals surface area contributed by atoms with Crippen LogP contribution in [0, 0.1) is 15.9 Å². The summed E-state index contributed by atoms with van der Waals surface area (Å²) in [6, 6.07) is 12.2. The second-order valence-electron chi connectivity index (χ2n) is 7.18. The SMILES string of the molecule is COc1cc(C)c2c(=S)cc(C(=O)OC(=O)c3cc(=S)c4ccc(CS)cc4[nH]3)[nH]c2c1. The van der Waals surface area contributed by atoms with Crippen molar-refractivity contribution < 1.29 is 19.1 Å². The first-order valence-electron chi connectivity index (χ1n) is 9.55. The van der Waals surface area contributed by atoms with Gasteiger partial charge < -0.3 is 19.4 Å². The molecule has 4 aromatic rings. The predicted octanol–water partition coefficient (Wildman–Crippen LogP) is 5.85. The number of H-pyrrole nitrogens is 2. The van der Waals surface area contributed by atoms with Gasteiger partial charge in [-0.25, -0.2) is 9.59 Å². The number of ether oxygens (including phenoxy) is 2. The van der Waals surface area contributed by atoms with Crippen LogP contribution in [-0.2, 0) is 10.5 Å². The van der Waals surface area contributed by atoms with Crippen molar-refractivity contribution in [1.82, 2.24) is 9.97 Å². The van der Waals surface area contributed by atoms with Gasteiger partial charge in [-0.2, -0.15) is 12.6 Å². The number of rotatable bonds is 4. The first kappa shape index (κ1) is 22.2. The van der Waals surface area contributed by atoms with Gasteiger partial charge in [0.1, 0.15) is 17.1 Å². The molecule has 0 saturated carbocycles. The number of nitrogens with one attached hydrogen (secondary N) is 2. The summed E-state index contributed by atoms with van der Waals surface area (Å²) in [6.07, 6.45) is 0. The fraction of sp³-hybridized carbons (Fsp3) is 0.130. The van der Waals surface area contributed by atoms with Gasteiger partial charge in [-0.3, -0.25) is 0 Å². The van der Waals surface area contributed by atoms with Crippen LogP contribution >= 0.6 is 37.1 Å². The number of carbonyl (C=O) groups excluding carboxylic acids is 2. The van der Waals surface area contributed by atoms with E-state index in [0.717, 1.165) is 21.9 Å². The molecule has 2 aromatic carbocycles. The van der Waals surface area contributed by atoms with E-state index < -0.39 is 11.9 Å². The molecule has 0 spiro atoms. The minimum absolute atomic E-state index is 0.0558. The highest BCUT2D eigenvalue weighted by atomic mass is 32.1. The van der Waals surface area contributed by atoms with Crippen LogP contribution < -0.4 is 4.74 Å². The van der Waals surface area contributed by atoms with E-state index in [9.17, 15) is 9.59 Å². The fourth-order valence-corrected chi connectivity index (χ4v) is 4.38. The lowest BCUT2D eigenvalue weighted by atomic mass is 10.1. The Bertz CT molecular complexity index is 1520. The second-order valence-corrected chi connectivity index (χ2v) is 8.37. The van der Waals surface area contributed by atoms with E-state index in [1.54, 1.807) is 13.2 Å². The standard InChI is InChI=1S/C23H18N2O4S3/c1-11-5-13(28-2)7-16-21(11)20(32)9-18(25-16)23(27)29-22(26)17-8-19(31)14-4-3-12(10-30)6-15(14)24-17/h3-9,30H,10H2,1-2H3,(H,24,31)(H,25,32). The number of hydrogen-bond donors (Lipinski definition) is 3. The average Bonchev–Trinajstić information content (AvgIpc) is 2.77. The van der Waals surface area contributed by atoms with Crippen LogP contribution in [0.3, 0.4) is 0 Å². The molecule has 9 heteroatoms. The average molecular weight is 483 g/mol. The Hall–Kier alpha value is -3.01. The number of fused-ring (bicyclic) bond motifs is 2. The van der Waals surface area contributed by atoms with Gasteiger partial charge >= 0.3 is 11.9 Å². The zero-order valence-electron chi connectivity index (χ0n) is 17.1. The molecule has 0 aliphatic rings. The van der Waals surface area contributed by atoms with Crippen molar-refractivity contribution in [3.8, 4) is 5.75 Å². The van der Waals surface area contributed by atoms with Crippen LogP contribution in [0.25, 0.3) is 21.8 Å². The summed E-state index contributed by atoms with van der Waals surface area (Å²) in [5, 5.41) is 1.58. The first-order valence-corrected chi connectivity index (χ1v) is 11.0. The van der Waals surface area contributed by atoms with Gasteiger partial charge in [0.25, 0.3) is 0 Å². The molecule has 0 aliphatic carbocycles. The third kappa shape index (κ3) is 4.19. The van der Waals surface area contributed by atoms with E-state index in [4.69, 9.17) is 33.9 Å². The zero-order valence-corrected chi connectivity index (χ0v) is 19.7. The van der Waals surface area contributed by atoms with E-state index in [1.165, 1.54) is 12.1 Å². The molecule has 2 N–H and O–H groups in total. The lowest BCUT2D eigenvalue weighted by molar-refractivity contribution is 0.0390. The van der Waals surface area contributed by atoms with Crippen LogP contribution in [0.2, 0.25) is 0 Å². The molecular weight excluding hydrogens is 464 g/mol. The largest absolute Gasteiger partial charge is 0.497 e. The topological polar surface area (TPSA) is 84.2 Å². The predicted molar refractivity (Wildman–Crippen MR) is 132 cm³/mol. The summed E-state index contributed by atoms with van der Waals surface area (Å²) >= 11 is 15.1. The summed E-state index contributed by atoms with van der Waals surface area (Å²) in [4.78, 5) is 31.4. The summed E-state index contributed by atoms with van der Waals surface area (Å²) in [7, 11) is 1.55. The molecule has 162 valence electrons. The van der Waals surface area contributed by atoms with Crippen molar-refractivity contribution in [2.45, 2.75) is 12.7 Å². The number of hydrogen-bond acceptors (Lipinski definition) is 7. The van der Waals surface area contributed by atoms with Crippen LogP contribution in [0.4, 0.5) is 0 Å². The Labute approximate surface area is 199 Å². The maximum absolute atomic E-state index is 12.7. The van der Waals surface area contributed by atoms with Crippen molar-refractivity contribution in [2.24, 2.45) is 0 Å². The van der Waals surface area contributed by atoms with Gasteiger partial charge in [0.15, 0.2) is 0 Å². The van der Waals surface area contributed by atoms with Crippen LogP contribution in [0.15, 0.2) is 42.5 Å². The van der Waals surface area contributed by atoms with Crippen molar-refractivity contribution in [3.05, 3.63) is 74.0 Å². The molecule has 0 radical (unpaired) electrons. The molecule has 0 atom stereocenters. The highest BCUT2D eigenvalue weighted by molar-refractivity contribution is 7.79. The monoisotopic (exact) mass is 482 g/mol. The van der Waals surface area contributed by atoms with Gasteiger partial charge in [0.05, 0.1) is 12.6 Å². The molecule has 6 nitrogen and oxygen atoms in total.